The minimum atomic E-state index is 0.372. The first-order chi connectivity index (χ1) is 8.31. The van der Waals surface area contributed by atoms with Crippen molar-refractivity contribution in [2.24, 2.45) is 0 Å². The molecule has 0 saturated carbocycles. The Morgan fingerprint density at radius 1 is 1.35 bits per heavy atom. The number of nitrogens with one attached hydrogen (secondary N) is 1. The van der Waals surface area contributed by atoms with Gasteiger partial charge in [-0.05, 0) is 37.8 Å². The van der Waals surface area contributed by atoms with Gasteiger partial charge in [0.05, 0.1) is 0 Å². The first-order valence-corrected chi connectivity index (χ1v) is 7.42. The lowest BCUT2D eigenvalue weighted by atomic mass is 10.1. The number of hydrogen-bond acceptors (Lipinski definition) is 4. The fourth-order valence-electron chi connectivity index (χ4n) is 1.98. The summed E-state index contributed by atoms with van der Waals surface area (Å²) >= 11 is 2.05. The van der Waals surface area contributed by atoms with Crippen LogP contribution in [-0.2, 0) is 0 Å². The van der Waals surface area contributed by atoms with E-state index in [1.54, 1.807) is 0 Å². The highest BCUT2D eigenvalue weighted by Crippen LogP contribution is 2.19. The van der Waals surface area contributed by atoms with Crippen molar-refractivity contribution in [2.45, 2.75) is 19.4 Å². The second-order valence-electron chi connectivity index (χ2n) is 4.41. The Morgan fingerprint density at radius 2 is 2.24 bits per heavy atom. The smallest absolute Gasteiger partial charge is 0.128 e. The molecular weight excluding hydrogens is 230 g/mol. The molecule has 1 saturated heterocycles. The molecule has 0 aromatic carbocycles. The van der Waals surface area contributed by atoms with Gasteiger partial charge in [0.2, 0.25) is 0 Å². The van der Waals surface area contributed by atoms with Crippen LogP contribution in [0.3, 0.4) is 0 Å². The minimum absolute atomic E-state index is 0.372. The van der Waals surface area contributed by atoms with Gasteiger partial charge >= 0.3 is 0 Å². The molecule has 0 bridgehead atoms. The first kappa shape index (κ1) is 12.7. The topological polar surface area (TPSA) is 28.2 Å². The van der Waals surface area contributed by atoms with E-state index in [-0.39, 0.29) is 0 Å². The minimum Gasteiger partial charge on any atom is -0.356 e. The molecule has 0 spiro atoms. The Kier molecular flexibility index (Phi) is 4.68. The monoisotopic (exact) mass is 251 g/mol. The molecule has 1 aromatic heterocycles. The number of thioether (sulfide) groups is 1. The van der Waals surface area contributed by atoms with Crippen LogP contribution in [0.2, 0.25) is 0 Å². The molecule has 1 aliphatic rings. The molecule has 0 amide bonds. The maximum absolute atomic E-state index is 4.59. The van der Waals surface area contributed by atoms with Crippen LogP contribution in [0, 0.1) is 0 Å². The highest BCUT2D eigenvalue weighted by atomic mass is 32.2. The van der Waals surface area contributed by atoms with Crippen molar-refractivity contribution in [1.82, 2.24) is 10.3 Å². The SMILES string of the molecule is CNC(C)c1ccc(N2CCCSCC2)nc1. The molecule has 94 valence electrons. The van der Waals surface area contributed by atoms with Gasteiger partial charge in [-0.25, -0.2) is 4.98 Å². The highest BCUT2D eigenvalue weighted by Gasteiger charge is 2.11. The molecule has 3 nitrogen and oxygen atoms in total. The number of rotatable bonds is 3. The van der Waals surface area contributed by atoms with Crippen LogP contribution in [0.15, 0.2) is 18.3 Å². The average Bonchev–Trinajstić information content (AvgIpc) is 2.67. The average molecular weight is 251 g/mol. The van der Waals surface area contributed by atoms with Crippen LogP contribution < -0.4 is 10.2 Å². The summed E-state index contributed by atoms with van der Waals surface area (Å²) in [6.45, 7) is 4.42. The molecule has 4 heteroatoms. The predicted octanol–water partition coefficient (Wildman–Crippen LogP) is 2.31. The van der Waals surface area contributed by atoms with Crippen LogP contribution in [0.5, 0.6) is 0 Å². The van der Waals surface area contributed by atoms with Crippen LogP contribution >= 0.6 is 11.8 Å². The van der Waals surface area contributed by atoms with E-state index in [4.69, 9.17) is 0 Å². The van der Waals surface area contributed by atoms with Crippen molar-refractivity contribution in [3.05, 3.63) is 23.9 Å². The normalized spacial score (nSPS) is 18.8. The van der Waals surface area contributed by atoms with Crippen molar-refractivity contribution < 1.29 is 0 Å². The zero-order valence-electron chi connectivity index (χ0n) is 10.6. The van der Waals surface area contributed by atoms with Gasteiger partial charge in [0, 0.05) is 31.1 Å². The third-order valence-corrected chi connectivity index (χ3v) is 4.30. The zero-order chi connectivity index (χ0) is 12.1. The molecule has 0 radical (unpaired) electrons. The Labute approximate surface area is 108 Å². The second kappa shape index (κ2) is 6.26. The lowest BCUT2D eigenvalue weighted by Gasteiger charge is -2.21. The Bertz CT molecular complexity index is 331. The van der Waals surface area contributed by atoms with E-state index in [0.29, 0.717) is 6.04 Å². The van der Waals surface area contributed by atoms with Gasteiger partial charge in [0.25, 0.3) is 0 Å². The summed E-state index contributed by atoms with van der Waals surface area (Å²) in [5, 5.41) is 3.23. The van der Waals surface area contributed by atoms with Crippen LogP contribution in [0.25, 0.3) is 0 Å². The van der Waals surface area contributed by atoms with E-state index < -0.39 is 0 Å². The maximum Gasteiger partial charge on any atom is 0.128 e. The van der Waals surface area contributed by atoms with Crippen molar-refractivity contribution in [2.75, 3.05) is 36.5 Å². The van der Waals surface area contributed by atoms with E-state index in [2.05, 4.69) is 34.3 Å². The van der Waals surface area contributed by atoms with Crippen molar-refractivity contribution in [1.29, 1.82) is 0 Å². The second-order valence-corrected chi connectivity index (χ2v) is 5.64. The van der Waals surface area contributed by atoms with Crippen molar-refractivity contribution in [3.63, 3.8) is 0 Å². The van der Waals surface area contributed by atoms with E-state index in [9.17, 15) is 0 Å². The molecule has 1 atom stereocenters. The van der Waals surface area contributed by atoms with Gasteiger partial charge in [-0.1, -0.05) is 6.07 Å². The van der Waals surface area contributed by atoms with E-state index in [1.807, 2.05) is 25.0 Å². The van der Waals surface area contributed by atoms with Gasteiger partial charge in [0.1, 0.15) is 5.82 Å². The van der Waals surface area contributed by atoms with Crippen molar-refractivity contribution in [3.8, 4) is 0 Å². The Morgan fingerprint density at radius 3 is 2.94 bits per heavy atom. The van der Waals surface area contributed by atoms with Gasteiger partial charge < -0.3 is 10.2 Å². The number of hydrogen-bond donors (Lipinski definition) is 1. The summed E-state index contributed by atoms with van der Waals surface area (Å²) in [7, 11) is 1.98. The number of anilines is 1. The highest BCUT2D eigenvalue weighted by molar-refractivity contribution is 7.99. The number of nitrogens with zero attached hydrogens (tertiary/aromatic N) is 2. The first-order valence-electron chi connectivity index (χ1n) is 6.27. The summed E-state index contributed by atoms with van der Waals surface area (Å²) in [5.74, 6) is 3.63. The molecule has 2 rings (SSSR count). The van der Waals surface area contributed by atoms with Crippen molar-refractivity contribution >= 4 is 17.6 Å². The molecular formula is C13H21N3S. The zero-order valence-corrected chi connectivity index (χ0v) is 11.5. The Hall–Kier alpha value is -0.740. The predicted molar refractivity (Wildman–Crippen MR) is 75.9 cm³/mol. The van der Waals surface area contributed by atoms with Gasteiger partial charge in [-0.3, -0.25) is 0 Å². The van der Waals surface area contributed by atoms with Gasteiger partial charge in [0.15, 0.2) is 0 Å². The molecule has 1 aromatic rings. The fraction of sp³-hybridized carbons (Fsp3) is 0.615. The standard InChI is InChI=1S/C13H21N3S/c1-11(14-2)12-4-5-13(15-10-12)16-6-3-8-17-9-7-16/h4-5,10-11,14H,3,6-9H2,1-2H3. The third-order valence-electron chi connectivity index (χ3n) is 3.25. The quantitative estimate of drug-likeness (QED) is 0.892. The summed E-state index contributed by atoms with van der Waals surface area (Å²) in [6, 6.07) is 4.71. The van der Waals surface area contributed by atoms with E-state index in [0.717, 1.165) is 18.9 Å². The molecule has 1 aliphatic heterocycles. The molecule has 1 fully saturated rings. The number of pyridine rings is 1. The third kappa shape index (κ3) is 3.36. The molecule has 2 heterocycles. The lowest BCUT2D eigenvalue weighted by molar-refractivity contribution is 0.649. The summed E-state index contributed by atoms with van der Waals surface area (Å²) in [5.41, 5.74) is 1.25. The Balaban J connectivity index is 2.05. The lowest BCUT2D eigenvalue weighted by Crippen LogP contribution is -2.26. The fourth-order valence-corrected chi connectivity index (χ4v) is 2.87. The van der Waals surface area contributed by atoms with E-state index in [1.165, 1.54) is 23.5 Å². The summed E-state index contributed by atoms with van der Waals surface area (Å²) in [6.07, 6.45) is 3.26. The molecule has 1 unspecified atom stereocenters. The largest absolute Gasteiger partial charge is 0.356 e. The van der Waals surface area contributed by atoms with Crippen LogP contribution in [0.1, 0.15) is 24.9 Å². The number of aromatic nitrogens is 1. The maximum atomic E-state index is 4.59. The van der Waals surface area contributed by atoms with Crippen LogP contribution in [-0.4, -0.2) is 36.6 Å². The molecule has 0 aliphatic carbocycles. The van der Waals surface area contributed by atoms with Gasteiger partial charge in [-0.15, -0.1) is 0 Å². The van der Waals surface area contributed by atoms with Gasteiger partial charge in [-0.2, -0.15) is 11.8 Å². The van der Waals surface area contributed by atoms with E-state index >= 15 is 0 Å². The summed E-state index contributed by atoms with van der Waals surface area (Å²) < 4.78 is 0. The molecule has 17 heavy (non-hydrogen) atoms. The van der Waals surface area contributed by atoms with Crippen LogP contribution in [0.4, 0.5) is 5.82 Å². The molecule has 1 N–H and O–H groups in total. The summed E-state index contributed by atoms with van der Waals surface area (Å²) in [4.78, 5) is 6.99.